The van der Waals surface area contributed by atoms with E-state index in [0.717, 1.165) is 38.5 Å². The molecule has 0 amide bonds. The Labute approximate surface area is 149 Å². The molecule has 0 radical (unpaired) electrons. The topological polar surface area (TPSA) is 15.7 Å². The van der Waals surface area contributed by atoms with Crippen LogP contribution in [0, 0.1) is 0 Å². The van der Waals surface area contributed by atoms with Crippen molar-refractivity contribution in [2.45, 2.75) is 6.54 Å². The number of anilines is 1. The van der Waals surface area contributed by atoms with E-state index in [-0.39, 0.29) is 0 Å². The first-order valence-electron chi connectivity index (χ1n) is 8.92. The number of piperazine rings is 1. The number of hydrogen-bond acceptors (Lipinski definition) is 3. The average Bonchev–Trinajstić information content (AvgIpc) is 2.69. The molecule has 3 aromatic rings. The van der Waals surface area contributed by atoms with Crippen molar-refractivity contribution in [3.8, 4) is 5.75 Å². The molecule has 0 aliphatic carbocycles. The molecule has 1 heterocycles. The van der Waals surface area contributed by atoms with Crippen LogP contribution in [-0.4, -0.2) is 38.2 Å². The van der Waals surface area contributed by atoms with Crippen LogP contribution in [0.1, 0.15) is 5.56 Å². The molecular formula is C22H24N2O. The van der Waals surface area contributed by atoms with Crippen molar-refractivity contribution in [1.29, 1.82) is 0 Å². The van der Waals surface area contributed by atoms with Gasteiger partial charge in [-0.2, -0.15) is 0 Å². The van der Waals surface area contributed by atoms with Crippen molar-refractivity contribution < 1.29 is 4.74 Å². The Morgan fingerprint density at radius 1 is 0.800 bits per heavy atom. The van der Waals surface area contributed by atoms with Crippen LogP contribution in [-0.2, 0) is 6.54 Å². The highest BCUT2D eigenvalue weighted by molar-refractivity contribution is 5.87. The van der Waals surface area contributed by atoms with Gasteiger partial charge in [-0.1, -0.05) is 48.5 Å². The fourth-order valence-electron chi connectivity index (χ4n) is 3.70. The maximum atomic E-state index is 5.65. The summed E-state index contributed by atoms with van der Waals surface area (Å²) in [6, 6.07) is 23.5. The maximum Gasteiger partial charge on any atom is 0.123 e. The van der Waals surface area contributed by atoms with E-state index in [9.17, 15) is 0 Å². The summed E-state index contributed by atoms with van der Waals surface area (Å²) >= 11 is 0. The van der Waals surface area contributed by atoms with E-state index in [1.165, 1.54) is 22.0 Å². The summed E-state index contributed by atoms with van der Waals surface area (Å²) in [6.45, 7) is 5.21. The van der Waals surface area contributed by atoms with E-state index in [0.29, 0.717) is 0 Å². The minimum Gasteiger partial charge on any atom is -0.496 e. The third kappa shape index (κ3) is 3.33. The number of benzene rings is 3. The molecule has 0 unspecified atom stereocenters. The van der Waals surface area contributed by atoms with Gasteiger partial charge in [0.2, 0.25) is 0 Å². The zero-order chi connectivity index (χ0) is 17.1. The van der Waals surface area contributed by atoms with Crippen molar-refractivity contribution in [1.82, 2.24) is 4.90 Å². The van der Waals surface area contributed by atoms with Gasteiger partial charge in [0, 0.05) is 44.0 Å². The quantitative estimate of drug-likeness (QED) is 0.713. The van der Waals surface area contributed by atoms with Gasteiger partial charge in [0.05, 0.1) is 7.11 Å². The number of fused-ring (bicyclic) bond motifs is 1. The first-order chi connectivity index (χ1) is 12.3. The van der Waals surface area contributed by atoms with Gasteiger partial charge in [-0.15, -0.1) is 0 Å². The van der Waals surface area contributed by atoms with E-state index < -0.39 is 0 Å². The SMILES string of the molecule is COc1ccc2ccccc2c1CN1CCN(c2ccccc2)CC1. The van der Waals surface area contributed by atoms with Crippen LogP contribution in [0.2, 0.25) is 0 Å². The second-order valence-corrected chi connectivity index (χ2v) is 6.57. The number of ether oxygens (including phenoxy) is 1. The summed E-state index contributed by atoms with van der Waals surface area (Å²) in [5, 5.41) is 2.58. The van der Waals surface area contributed by atoms with Crippen LogP contribution in [0.4, 0.5) is 5.69 Å². The highest BCUT2D eigenvalue weighted by Gasteiger charge is 2.19. The summed E-state index contributed by atoms with van der Waals surface area (Å²) in [5.74, 6) is 0.990. The number of para-hydroxylation sites is 1. The molecule has 3 aromatic carbocycles. The molecule has 1 fully saturated rings. The number of rotatable bonds is 4. The second kappa shape index (κ2) is 7.16. The minimum absolute atomic E-state index is 0.938. The molecule has 1 saturated heterocycles. The lowest BCUT2D eigenvalue weighted by Crippen LogP contribution is -2.46. The van der Waals surface area contributed by atoms with Gasteiger partial charge in [0.15, 0.2) is 0 Å². The van der Waals surface area contributed by atoms with Gasteiger partial charge in [-0.05, 0) is 29.0 Å². The summed E-state index contributed by atoms with van der Waals surface area (Å²) in [4.78, 5) is 5.00. The second-order valence-electron chi connectivity index (χ2n) is 6.57. The Balaban J connectivity index is 1.51. The molecule has 0 atom stereocenters. The number of hydrogen-bond donors (Lipinski definition) is 0. The molecule has 0 bridgehead atoms. The molecule has 3 heteroatoms. The van der Waals surface area contributed by atoms with Crippen LogP contribution in [0.15, 0.2) is 66.7 Å². The summed E-state index contributed by atoms with van der Waals surface area (Å²) in [5.41, 5.74) is 2.62. The summed E-state index contributed by atoms with van der Waals surface area (Å²) < 4.78 is 5.65. The zero-order valence-corrected chi connectivity index (χ0v) is 14.7. The highest BCUT2D eigenvalue weighted by Crippen LogP contribution is 2.29. The number of methoxy groups -OCH3 is 1. The largest absolute Gasteiger partial charge is 0.496 e. The summed E-state index contributed by atoms with van der Waals surface area (Å²) in [7, 11) is 1.76. The Kier molecular flexibility index (Phi) is 4.57. The van der Waals surface area contributed by atoms with E-state index >= 15 is 0 Å². The normalized spacial score (nSPS) is 15.5. The van der Waals surface area contributed by atoms with Gasteiger partial charge in [-0.25, -0.2) is 0 Å². The van der Waals surface area contributed by atoms with Crippen LogP contribution in [0.5, 0.6) is 5.75 Å². The Hall–Kier alpha value is -2.52. The smallest absolute Gasteiger partial charge is 0.123 e. The molecule has 128 valence electrons. The van der Waals surface area contributed by atoms with Gasteiger partial charge in [0.25, 0.3) is 0 Å². The molecule has 1 aliphatic rings. The first-order valence-corrected chi connectivity index (χ1v) is 8.92. The minimum atomic E-state index is 0.938. The first kappa shape index (κ1) is 16.0. The molecule has 1 aliphatic heterocycles. The van der Waals surface area contributed by atoms with Crippen LogP contribution >= 0.6 is 0 Å². The average molecular weight is 332 g/mol. The van der Waals surface area contributed by atoms with Gasteiger partial charge < -0.3 is 9.64 Å². The molecule has 0 aromatic heterocycles. The van der Waals surface area contributed by atoms with Crippen molar-refractivity contribution in [2.75, 3.05) is 38.2 Å². The Bertz CT molecular complexity index is 839. The fourth-order valence-corrected chi connectivity index (χ4v) is 3.70. The third-order valence-corrected chi connectivity index (χ3v) is 5.09. The lowest BCUT2D eigenvalue weighted by molar-refractivity contribution is 0.247. The van der Waals surface area contributed by atoms with Crippen molar-refractivity contribution in [3.05, 3.63) is 72.3 Å². The van der Waals surface area contributed by atoms with E-state index in [1.807, 2.05) is 0 Å². The Morgan fingerprint density at radius 2 is 1.52 bits per heavy atom. The lowest BCUT2D eigenvalue weighted by atomic mass is 10.0. The highest BCUT2D eigenvalue weighted by atomic mass is 16.5. The van der Waals surface area contributed by atoms with Crippen molar-refractivity contribution >= 4 is 16.5 Å². The van der Waals surface area contributed by atoms with E-state index in [4.69, 9.17) is 4.74 Å². The van der Waals surface area contributed by atoms with Crippen molar-refractivity contribution in [3.63, 3.8) is 0 Å². The van der Waals surface area contributed by atoms with Crippen LogP contribution in [0.25, 0.3) is 10.8 Å². The molecule has 3 nitrogen and oxygen atoms in total. The van der Waals surface area contributed by atoms with Crippen molar-refractivity contribution in [2.24, 2.45) is 0 Å². The van der Waals surface area contributed by atoms with Gasteiger partial charge in [-0.3, -0.25) is 4.90 Å². The standard InChI is InChI=1S/C22H24N2O/c1-25-22-12-11-18-7-5-6-10-20(18)21(22)17-23-13-15-24(16-14-23)19-8-3-2-4-9-19/h2-12H,13-17H2,1H3. The summed E-state index contributed by atoms with van der Waals surface area (Å²) in [6.07, 6.45) is 0. The Morgan fingerprint density at radius 3 is 2.28 bits per heavy atom. The molecule has 4 rings (SSSR count). The number of nitrogens with zero attached hydrogens (tertiary/aromatic N) is 2. The van der Waals surface area contributed by atoms with E-state index in [2.05, 4.69) is 76.5 Å². The monoisotopic (exact) mass is 332 g/mol. The van der Waals surface area contributed by atoms with Gasteiger partial charge >= 0.3 is 0 Å². The molecule has 0 saturated carbocycles. The fraction of sp³-hybridized carbons (Fsp3) is 0.273. The lowest BCUT2D eigenvalue weighted by Gasteiger charge is -2.36. The van der Waals surface area contributed by atoms with Crippen LogP contribution in [0.3, 0.4) is 0 Å². The molecule has 0 spiro atoms. The predicted octanol–water partition coefficient (Wildman–Crippen LogP) is 4.17. The maximum absolute atomic E-state index is 5.65. The predicted molar refractivity (Wildman–Crippen MR) is 104 cm³/mol. The van der Waals surface area contributed by atoms with Gasteiger partial charge in [0.1, 0.15) is 5.75 Å². The zero-order valence-electron chi connectivity index (χ0n) is 14.7. The molecular weight excluding hydrogens is 308 g/mol. The van der Waals surface area contributed by atoms with Crippen LogP contribution < -0.4 is 9.64 Å². The molecule has 25 heavy (non-hydrogen) atoms. The molecule has 0 N–H and O–H groups in total. The third-order valence-electron chi connectivity index (χ3n) is 5.09. The van der Waals surface area contributed by atoms with E-state index in [1.54, 1.807) is 7.11 Å².